The van der Waals surface area contributed by atoms with E-state index in [-0.39, 0.29) is 12.2 Å². The number of benzene rings is 3. The van der Waals surface area contributed by atoms with E-state index in [9.17, 15) is 9.18 Å². The van der Waals surface area contributed by atoms with Gasteiger partial charge < -0.3 is 0 Å². The number of rotatable bonds is 3. The van der Waals surface area contributed by atoms with E-state index in [1.807, 2.05) is 42.5 Å². The van der Waals surface area contributed by atoms with Gasteiger partial charge in [0.25, 0.3) is 0 Å². The van der Waals surface area contributed by atoms with Crippen LogP contribution in [-0.2, 0) is 6.42 Å². The highest BCUT2D eigenvalue weighted by Gasteiger charge is 2.10. The van der Waals surface area contributed by atoms with E-state index in [0.717, 1.165) is 16.3 Å². The Morgan fingerprint density at radius 1 is 0.952 bits per heavy atom. The average Bonchev–Trinajstić information content (AvgIpc) is 2.46. The molecule has 3 heteroatoms. The van der Waals surface area contributed by atoms with Crippen molar-refractivity contribution in [3.8, 4) is 0 Å². The largest absolute Gasteiger partial charge is 0.294 e. The lowest BCUT2D eigenvalue weighted by atomic mass is 10.0. The second kappa shape index (κ2) is 5.78. The Labute approximate surface area is 130 Å². The van der Waals surface area contributed by atoms with Gasteiger partial charge in [0.05, 0.1) is 0 Å². The number of carbonyl (C=O) groups excluding carboxylic acids is 1. The first-order valence-electron chi connectivity index (χ1n) is 6.59. The number of halogens is 2. The molecule has 0 unspecified atom stereocenters. The Bertz CT molecular complexity index is 806. The van der Waals surface area contributed by atoms with Gasteiger partial charge in [-0.25, -0.2) is 4.39 Å². The molecule has 1 nitrogen and oxygen atoms in total. The van der Waals surface area contributed by atoms with Crippen LogP contribution in [0.5, 0.6) is 0 Å². The molecule has 3 aromatic rings. The van der Waals surface area contributed by atoms with Crippen molar-refractivity contribution in [2.24, 2.45) is 0 Å². The Morgan fingerprint density at radius 3 is 2.48 bits per heavy atom. The van der Waals surface area contributed by atoms with Gasteiger partial charge in [-0.3, -0.25) is 4.79 Å². The predicted octanol–water partition coefficient (Wildman–Crippen LogP) is 5.17. The fourth-order valence-electron chi connectivity index (χ4n) is 2.35. The van der Waals surface area contributed by atoms with Gasteiger partial charge in [-0.2, -0.15) is 0 Å². The summed E-state index contributed by atoms with van der Waals surface area (Å²) in [4.78, 5) is 12.3. The van der Waals surface area contributed by atoms with Gasteiger partial charge >= 0.3 is 0 Å². The van der Waals surface area contributed by atoms with E-state index in [0.29, 0.717) is 10.0 Å². The third kappa shape index (κ3) is 3.19. The topological polar surface area (TPSA) is 17.1 Å². The predicted molar refractivity (Wildman–Crippen MR) is 86.1 cm³/mol. The highest BCUT2D eigenvalue weighted by atomic mass is 79.9. The van der Waals surface area contributed by atoms with Crippen LogP contribution in [0.1, 0.15) is 15.9 Å². The molecule has 0 aliphatic carbocycles. The van der Waals surface area contributed by atoms with Gasteiger partial charge in [0.15, 0.2) is 5.78 Å². The van der Waals surface area contributed by atoms with Gasteiger partial charge in [-0.1, -0.05) is 58.4 Å². The fraction of sp³-hybridized carbons (Fsp3) is 0.0556. The number of hydrogen-bond donors (Lipinski definition) is 0. The van der Waals surface area contributed by atoms with Crippen LogP contribution in [0.3, 0.4) is 0 Å². The SMILES string of the molecule is O=C(Cc1ccc2ccccc2c1)c1cc(F)cc(Br)c1. The lowest BCUT2D eigenvalue weighted by Gasteiger charge is -2.05. The molecule has 3 rings (SSSR count). The zero-order valence-corrected chi connectivity index (χ0v) is 12.7. The molecule has 0 radical (unpaired) electrons. The van der Waals surface area contributed by atoms with Crippen LogP contribution in [0, 0.1) is 5.82 Å². The summed E-state index contributed by atoms with van der Waals surface area (Å²) in [6.45, 7) is 0. The molecular formula is C18H12BrFO. The van der Waals surface area contributed by atoms with Gasteiger partial charge in [0, 0.05) is 16.5 Å². The third-order valence-electron chi connectivity index (χ3n) is 3.36. The molecule has 0 saturated carbocycles. The first-order chi connectivity index (χ1) is 10.1. The maximum atomic E-state index is 13.4. The normalized spacial score (nSPS) is 10.8. The molecule has 0 aromatic heterocycles. The fourth-order valence-corrected chi connectivity index (χ4v) is 2.82. The van der Waals surface area contributed by atoms with Gasteiger partial charge in [0.1, 0.15) is 5.82 Å². The zero-order valence-electron chi connectivity index (χ0n) is 11.1. The van der Waals surface area contributed by atoms with Crippen LogP contribution < -0.4 is 0 Å². The van der Waals surface area contributed by atoms with Crippen LogP contribution in [0.15, 0.2) is 65.1 Å². The van der Waals surface area contributed by atoms with E-state index in [1.165, 1.54) is 12.1 Å². The van der Waals surface area contributed by atoms with Crippen LogP contribution in [-0.4, -0.2) is 5.78 Å². The molecule has 0 aliphatic rings. The smallest absolute Gasteiger partial charge is 0.167 e. The third-order valence-corrected chi connectivity index (χ3v) is 3.82. The molecule has 0 heterocycles. The molecule has 0 amide bonds. The maximum absolute atomic E-state index is 13.4. The number of Topliss-reactive ketones (excluding diaryl/α,β-unsaturated/α-hetero) is 1. The molecule has 0 N–H and O–H groups in total. The molecule has 0 atom stereocenters. The minimum absolute atomic E-state index is 0.0921. The second-order valence-electron chi connectivity index (χ2n) is 4.94. The Morgan fingerprint density at radius 2 is 1.71 bits per heavy atom. The minimum Gasteiger partial charge on any atom is -0.294 e. The van der Waals surface area contributed by atoms with Crippen molar-refractivity contribution in [2.75, 3.05) is 0 Å². The van der Waals surface area contributed by atoms with Crippen LogP contribution >= 0.6 is 15.9 Å². The van der Waals surface area contributed by atoms with E-state index in [4.69, 9.17) is 0 Å². The van der Waals surface area contributed by atoms with Crippen molar-refractivity contribution < 1.29 is 9.18 Å². The van der Waals surface area contributed by atoms with E-state index in [2.05, 4.69) is 15.9 Å². The summed E-state index contributed by atoms with van der Waals surface area (Å²) < 4.78 is 13.9. The van der Waals surface area contributed by atoms with Crippen molar-refractivity contribution in [3.05, 3.63) is 82.1 Å². The van der Waals surface area contributed by atoms with Gasteiger partial charge in [-0.15, -0.1) is 0 Å². The van der Waals surface area contributed by atoms with E-state index in [1.54, 1.807) is 6.07 Å². The summed E-state index contributed by atoms with van der Waals surface area (Å²) in [6.07, 6.45) is 0.265. The van der Waals surface area contributed by atoms with Crippen LogP contribution in [0.2, 0.25) is 0 Å². The lowest BCUT2D eigenvalue weighted by molar-refractivity contribution is 0.0992. The first kappa shape index (κ1) is 14.0. The Kier molecular flexibility index (Phi) is 3.84. The molecule has 21 heavy (non-hydrogen) atoms. The van der Waals surface area contributed by atoms with E-state index >= 15 is 0 Å². The van der Waals surface area contributed by atoms with Crippen LogP contribution in [0.25, 0.3) is 10.8 Å². The molecule has 0 fully saturated rings. The summed E-state index contributed by atoms with van der Waals surface area (Å²) in [5.41, 5.74) is 1.31. The van der Waals surface area contributed by atoms with Crippen molar-refractivity contribution in [1.29, 1.82) is 0 Å². The summed E-state index contributed by atoms with van der Waals surface area (Å²) in [5, 5.41) is 2.24. The molecule has 0 spiro atoms. The summed E-state index contributed by atoms with van der Waals surface area (Å²) in [6, 6.07) is 18.2. The first-order valence-corrected chi connectivity index (χ1v) is 7.38. The highest BCUT2D eigenvalue weighted by Crippen LogP contribution is 2.19. The van der Waals surface area contributed by atoms with Crippen molar-refractivity contribution in [1.82, 2.24) is 0 Å². The quantitative estimate of drug-likeness (QED) is 0.600. The molecule has 104 valence electrons. The molecular weight excluding hydrogens is 331 g/mol. The standard InChI is InChI=1S/C18H12BrFO/c19-16-9-15(10-17(20)11-16)18(21)8-12-5-6-13-3-1-2-4-14(13)7-12/h1-7,9-11H,8H2. The van der Waals surface area contributed by atoms with Crippen molar-refractivity contribution >= 4 is 32.5 Å². The van der Waals surface area contributed by atoms with Crippen LogP contribution in [0.4, 0.5) is 4.39 Å². The number of ketones is 1. The minimum atomic E-state index is -0.411. The highest BCUT2D eigenvalue weighted by molar-refractivity contribution is 9.10. The average molecular weight is 343 g/mol. The molecule has 3 aromatic carbocycles. The Balaban J connectivity index is 1.88. The van der Waals surface area contributed by atoms with Crippen molar-refractivity contribution in [3.63, 3.8) is 0 Å². The second-order valence-corrected chi connectivity index (χ2v) is 5.86. The maximum Gasteiger partial charge on any atom is 0.167 e. The number of carbonyl (C=O) groups is 1. The van der Waals surface area contributed by atoms with E-state index < -0.39 is 5.82 Å². The molecule has 0 saturated heterocycles. The van der Waals surface area contributed by atoms with Crippen molar-refractivity contribution in [2.45, 2.75) is 6.42 Å². The summed E-state index contributed by atoms with van der Waals surface area (Å²) in [5.74, 6) is -0.503. The van der Waals surface area contributed by atoms with Gasteiger partial charge in [-0.05, 0) is 34.5 Å². The van der Waals surface area contributed by atoms with Gasteiger partial charge in [0.2, 0.25) is 0 Å². The monoisotopic (exact) mass is 342 g/mol. The molecule has 0 bridgehead atoms. The summed E-state index contributed by atoms with van der Waals surface area (Å²) >= 11 is 3.21. The lowest BCUT2D eigenvalue weighted by Crippen LogP contribution is -2.04. The zero-order chi connectivity index (χ0) is 14.8. The number of fused-ring (bicyclic) bond motifs is 1. The Hall–Kier alpha value is -2.00. The number of hydrogen-bond acceptors (Lipinski definition) is 1. The molecule has 0 aliphatic heterocycles. The summed E-state index contributed by atoms with van der Waals surface area (Å²) in [7, 11) is 0.